The van der Waals surface area contributed by atoms with Crippen LogP contribution in [0.3, 0.4) is 0 Å². The Kier molecular flexibility index (Phi) is 7.00. The van der Waals surface area contributed by atoms with Gasteiger partial charge in [-0.3, -0.25) is 9.59 Å². The molecule has 1 aliphatic rings. The molecule has 178 valence electrons. The van der Waals surface area contributed by atoms with Crippen molar-refractivity contribution < 1.29 is 14.0 Å². The quantitative estimate of drug-likeness (QED) is 0.564. The van der Waals surface area contributed by atoms with Gasteiger partial charge in [0, 0.05) is 49.7 Å². The maximum atomic E-state index is 13.1. The first-order valence-corrected chi connectivity index (χ1v) is 11.5. The van der Waals surface area contributed by atoms with Crippen LogP contribution in [-0.2, 0) is 11.3 Å². The molecule has 0 aliphatic carbocycles. The monoisotopic (exact) mass is 464 g/mol. The van der Waals surface area contributed by atoms with Gasteiger partial charge in [-0.25, -0.2) is 19.3 Å². The molecule has 34 heavy (non-hydrogen) atoms. The molecule has 0 saturated carbocycles. The Balaban J connectivity index is 1.43. The fourth-order valence-electron chi connectivity index (χ4n) is 4.30. The highest BCUT2D eigenvalue weighted by Gasteiger charge is 2.32. The largest absolute Gasteiger partial charge is 0.334 e. The lowest BCUT2D eigenvalue weighted by molar-refractivity contribution is -0.132. The first-order valence-electron chi connectivity index (χ1n) is 11.5. The topological polar surface area (TPSA) is 93.0 Å². The fraction of sp³-hybridized carbons (Fsp3) is 0.400. The second-order valence-corrected chi connectivity index (χ2v) is 8.82. The van der Waals surface area contributed by atoms with Crippen LogP contribution in [0.2, 0.25) is 0 Å². The van der Waals surface area contributed by atoms with Crippen molar-refractivity contribution in [3.05, 3.63) is 71.6 Å². The number of likely N-dealkylation sites (tertiary alicyclic amines) is 1. The molecule has 1 fully saturated rings. The minimum absolute atomic E-state index is 0.0605. The smallest absolute Gasteiger partial charge is 0.259 e. The van der Waals surface area contributed by atoms with Crippen LogP contribution in [-0.4, -0.2) is 42.8 Å². The zero-order valence-electron chi connectivity index (χ0n) is 19.7. The van der Waals surface area contributed by atoms with Crippen LogP contribution in [0.1, 0.15) is 72.8 Å². The van der Waals surface area contributed by atoms with Gasteiger partial charge in [-0.15, -0.1) is 0 Å². The zero-order chi connectivity index (χ0) is 24.2. The molecule has 3 aromatic rings. The van der Waals surface area contributed by atoms with Crippen molar-refractivity contribution >= 4 is 17.5 Å². The van der Waals surface area contributed by atoms with Gasteiger partial charge in [0.05, 0.1) is 17.3 Å². The number of hydrogen-bond donors (Lipinski definition) is 1. The number of nitrogens with one attached hydrogen (secondary N) is 1. The van der Waals surface area contributed by atoms with E-state index in [1.807, 2.05) is 15.7 Å². The lowest BCUT2D eigenvalue weighted by Crippen LogP contribution is -2.32. The first kappa shape index (κ1) is 23.5. The third kappa shape index (κ3) is 5.13. The summed E-state index contributed by atoms with van der Waals surface area (Å²) < 4.78 is 15.1. The summed E-state index contributed by atoms with van der Waals surface area (Å²) in [7, 11) is 0. The Morgan fingerprint density at radius 3 is 2.68 bits per heavy atom. The summed E-state index contributed by atoms with van der Waals surface area (Å²) in [5, 5.41) is 2.73. The van der Waals surface area contributed by atoms with Crippen molar-refractivity contribution in [1.29, 1.82) is 0 Å². The van der Waals surface area contributed by atoms with E-state index in [0.29, 0.717) is 48.2 Å². The summed E-state index contributed by atoms with van der Waals surface area (Å²) in [6.45, 7) is 7.16. The number of hydrogen-bond acceptors (Lipinski definition) is 5. The predicted octanol–water partition coefficient (Wildman–Crippen LogP) is 4.25. The maximum absolute atomic E-state index is 13.1. The summed E-state index contributed by atoms with van der Waals surface area (Å²) >= 11 is 0. The Labute approximate surface area is 198 Å². The van der Waals surface area contributed by atoms with Crippen molar-refractivity contribution in [3.63, 3.8) is 0 Å². The number of benzene rings is 1. The van der Waals surface area contributed by atoms with E-state index in [1.54, 1.807) is 13.1 Å². The summed E-state index contributed by atoms with van der Waals surface area (Å²) in [6.07, 6.45) is 7.22. The Hall–Kier alpha value is -3.62. The first-order chi connectivity index (χ1) is 16.3. The molecule has 0 unspecified atom stereocenters. The maximum Gasteiger partial charge on any atom is 0.259 e. The molecule has 0 bridgehead atoms. The van der Waals surface area contributed by atoms with Crippen molar-refractivity contribution in [2.24, 2.45) is 0 Å². The van der Waals surface area contributed by atoms with Gasteiger partial charge in [-0.1, -0.05) is 13.8 Å². The molecule has 0 spiro atoms. The SMILES string of the molecule is Cc1nc([C@H]2CCCN2C(=O)CCn2ccnc2C(C)C)ncc1C(=O)Nc1ccc(F)cc1. The average molecular weight is 465 g/mol. The Morgan fingerprint density at radius 2 is 1.97 bits per heavy atom. The standard InChI is InChI=1S/C25H29FN6O2/c1-16(2)24-27-11-14-31(24)13-10-22(33)32-12-4-5-21(32)23-28-15-20(17(3)29-23)25(34)30-19-8-6-18(26)7-9-19/h6-9,11,14-16,21H,4-5,10,12-13H2,1-3H3,(H,30,34)/t21-/m1/s1. The predicted molar refractivity (Wildman–Crippen MR) is 126 cm³/mol. The van der Waals surface area contributed by atoms with Crippen LogP contribution in [0.15, 0.2) is 42.9 Å². The highest BCUT2D eigenvalue weighted by Crippen LogP contribution is 2.31. The number of amides is 2. The molecular formula is C25H29FN6O2. The van der Waals surface area contributed by atoms with Gasteiger partial charge in [0.25, 0.3) is 5.91 Å². The summed E-state index contributed by atoms with van der Waals surface area (Å²) in [5.41, 5.74) is 1.36. The van der Waals surface area contributed by atoms with Gasteiger partial charge in [-0.2, -0.15) is 0 Å². The van der Waals surface area contributed by atoms with Gasteiger partial charge in [0.1, 0.15) is 11.6 Å². The third-order valence-electron chi connectivity index (χ3n) is 6.05. The van der Waals surface area contributed by atoms with Gasteiger partial charge in [-0.05, 0) is 44.0 Å². The molecule has 4 rings (SSSR count). The van der Waals surface area contributed by atoms with Gasteiger partial charge in [0.2, 0.25) is 5.91 Å². The Morgan fingerprint density at radius 1 is 1.21 bits per heavy atom. The van der Waals surface area contributed by atoms with Crippen molar-refractivity contribution in [1.82, 2.24) is 24.4 Å². The van der Waals surface area contributed by atoms with E-state index >= 15 is 0 Å². The van der Waals surface area contributed by atoms with E-state index in [1.165, 1.54) is 30.5 Å². The highest BCUT2D eigenvalue weighted by molar-refractivity contribution is 6.04. The number of carbonyl (C=O) groups is 2. The van der Waals surface area contributed by atoms with E-state index < -0.39 is 0 Å². The number of imidazole rings is 1. The average Bonchev–Trinajstić information content (AvgIpc) is 3.49. The van der Waals surface area contributed by atoms with Crippen LogP contribution in [0.5, 0.6) is 0 Å². The van der Waals surface area contributed by atoms with Crippen LogP contribution in [0.4, 0.5) is 10.1 Å². The van der Waals surface area contributed by atoms with E-state index in [0.717, 1.165) is 18.7 Å². The number of nitrogens with zero attached hydrogens (tertiary/aromatic N) is 5. The van der Waals surface area contributed by atoms with E-state index in [4.69, 9.17) is 0 Å². The molecular weight excluding hydrogens is 435 g/mol. The van der Waals surface area contributed by atoms with Crippen molar-refractivity contribution in [2.75, 3.05) is 11.9 Å². The molecule has 2 aromatic heterocycles. The van der Waals surface area contributed by atoms with Crippen LogP contribution in [0.25, 0.3) is 0 Å². The number of aromatic nitrogens is 4. The zero-order valence-corrected chi connectivity index (χ0v) is 19.7. The molecule has 1 aromatic carbocycles. The van der Waals surface area contributed by atoms with Crippen LogP contribution in [0, 0.1) is 12.7 Å². The summed E-state index contributed by atoms with van der Waals surface area (Å²) in [5.74, 6) is 1.13. The normalized spacial score (nSPS) is 15.7. The molecule has 8 nitrogen and oxygen atoms in total. The van der Waals surface area contributed by atoms with E-state index in [9.17, 15) is 14.0 Å². The summed E-state index contributed by atoms with van der Waals surface area (Å²) in [4.78, 5) is 40.9. The molecule has 9 heteroatoms. The number of rotatable bonds is 7. The second kappa shape index (κ2) is 10.1. The minimum atomic E-state index is -0.372. The van der Waals surface area contributed by atoms with Crippen molar-refractivity contribution in [3.8, 4) is 0 Å². The number of anilines is 1. The molecule has 2 amide bonds. The molecule has 3 heterocycles. The van der Waals surface area contributed by atoms with Crippen LogP contribution >= 0.6 is 0 Å². The summed E-state index contributed by atoms with van der Waals surface area (Å²) in [6, 6.07) is 5.35. The van der Waals surface area contributed by atoms with Crippen LogP contribution < -0.4 is 5.32 Å². The van der Waals surface area contributed by atoms with Crippen molar-refractivity contribution in [2.45, 2.75) is 58.5 Å². The lowest BCUT2D eigenvalue weighted by Gasteiger charge is -2.24. The molecule has 1 saturated heterocycles. The number of carbonyl (C=O) groups excluding carboxylic acids is 2. The molecule has 1 N–H and O–H groups in total. The highest BCUT2D eigenvalue weighted by atomic mass is 19.1. The molecule has 0 radical (unpaired) electrons. The van der Waals surface area contributed by atoms with E-state index in [2.05, 4.69) is 34.1 Å². The van der Waals surface area contributed by atoms with Gasteiger partial charge in [0.15, 0.2) is 5.82 Å². The number of aryl methyl sites for hydroxylation is 2. The third-order valence-corrected chi connectivity index (χ3v) is 6.05. The Bertz CT molecular complexity index is 1170. The van der Waals surface area contributed by atoms with E-state index in [-0.39, 0.29) is 23.7 Å². The minimum Gasteiger partial charge on any atom is -0.334 e. The second-order valence-electron chi connectivity index (χ2n) is 8.82. The number of halogens is 1. The lowest BCUT2D eigenvalue weighted by atomic mass is 10.1. The molecule has 1 atom stereocenters. The molecule has 1 aliphatic heterocycles. The van der Waals surface area contributed by atoms with Gasteiger partial charge < -0.3 is 14.8 Å². The fourth-order valence-corrected chi connectivity index (χ4v) is 4.30. The van der Waals surface area contributed by atoms with Gasteiger partial charge >= 0.3 is 0 Å².